The van der Waals surface area contributed by atoms with Gasteiger partial charge >= 0.3 is 5.97 Å². The molecule has 0 aliphatic carbocycles. The minimum Gasteiger partial charge on any atom is -0.481 e. The lowest BCUT2D eigenvalue weighted by Gasteiger charge is -2.17. The molecule has 0 aliphatic heterocycles. The summed E-state index contributed by atoms with van der Waals surface area (Å²) >= 11 is 0. The SMILES string of the molecule is CCCC(NCC(CC)C(=O)O)C(C)=O. The van der Waals surface area contributed by atoms with Gasteiger partial charge in [0, 0.05) is 6.54 Å². The van der Waals surface area contributed by atoms with E-state index in [0.29, 0.717) is 13.0 Å². The molecule has 0 aliphatic rings. The summed E-state index contributed by atoms with van der Waals surface area (Å²) in [6.07, 6.45) is 2.27. The van der Waals surface area contributed by atoms with Crippen LogP contribution >= 0.6 is 0 Å². The summed E-state index contributed by atoms with van der Waals surface area (Å²) in [5, 5.41) is 11.9. The number of carbonyl (C=O) groups is 2. The molecule has 88 valence electrons. The van der Waals surface area contributed by atoms with Gasteiger partial charge in [-0.25, -0.2) is 0 Å². The molecule has 15 heavy (non-hydrogen) atoms. The Balaban J connectivity index is 4.07. The zero-order valence-corrected chi connectivity index (χ0v) is 9.75. The summed E-state index contributed by atoms with van der Waals surface area (Å²) in [5.74, 6) is -1.12. The first-order valence-electron chi connectivity index (χ1n) is 5.49. The standard InChI is InChI=1S/C11H21NO3/c1-4-6-10(8(3)13)12-7-9(5-2)11(14)15/h9-10,12H,4-7H2,1-3H3,(H,14,15). The van der Waals surface area contributed by atoms with Crippen molar-refractivity contribution in [2.75, 3.05) is 6.54 Å². The first kappa shape index (κ1) is 14.1. The van der Waals surface area contributed by atoms with Gasteiger partial charge in [0.2, 0.25) is 0 Å². The largest absolute Gasteiger partial charge is 0.481 e. The third-order valence-corrected chi connectivity index (χ3v) is 2.52. The van der Waals surface area contributed by atoms with Crippen molar-refractivity contribution in [2.24, 2.45) is 5.92 Å². The lowest BCUT2D eigenvalue weighted by Crippen LogP contribution is -2.39. The number of carboxylic acid groups (broad SMARTS) is 1. The highest BCUT2D eigenvalue weighted by molar-refractivity contribution is 5.81. The number of carbonyl (C=O) groups excluding carboxylic acids is 1. The Morgan fingerprint density at radius 2 is 1.93 bits per heavy atom. The minimum absolute atomic E-state index is 0.0806. The monoisotopic (exact) mass is 215 g/mol. The van der Waals surface area contributed by atoms with E-state index >= 15 is 0 Å². The van der Waals surface area contributed by atoms with Crippen molar-refractivity contribution in [3.8, 4) is 0 Å². The van der Waals surface area contributed by atoms with Gasteiger partial charge in [-0.15, -0.1) is 0 Å². The molecule has 0 saturated heterocycles. The molecule has 0 amide bonds. The van der Waals surface area contributed by atoms with Gasteiger partial charge in [0.05, 0.1) is 12.0 Å². The van der Waals surface area contributed by atoms with Gasteiger partial charge < -0.3 is 10.4 Å². The highest BCUT2D eigenvalue weighted by Gasteiger charge is 2.18. The number of nitrogens with one attached hydrogen (secondary N) is 1. The summed E-state index contributed by atoms with van der Waals surface area (Å²) in [4.78, 5) is 21.9. The van der Waals surface area contributed by atoms with Gasteiger partial charge in [0.15, 0.2) is 0 Å². The summed E-state index contributed by atoms with van der Waals surface area (Å²) in [6, 6.07) is -0.191. The van der Waals surface area contributed by atoms with Crippen LogP contribution in [0.1, 0.15) is 40.0 Å². The lowest BCUT2D eigenvalue weighted by atomic mass is 10.0. The number of rotatable bonds is 8. The van der Waals surface area contributed by atoms with E-state index in [-0.39, 0.29) is 11.8 Å². The van der Waals surface area contributed by atoms with Crippen LogP contribution in [0.2, 0.25) is 0 Å². The van der Waals surface area contributed by atoms with Crippen LogP contribution in [0.25, 0.3) is 0 Å². The van der Waals surface area contributed by atoms with Crippen LogP contribution < -0.4 is 5.32 Å². The van der Waals surface area contributed by atoms with Gasteiger partial charge in [-0.3, -0.25) is 9.59 Å². The molecule has 0 aromatic rings. The summed E-state index contributed by atoms with van der Waals surface area (Å²) in [5.41, 5.74) is 0. The van der Waals surface area contributed by atoms with E-state index in [1.54, 1.807) is 0 Å². The fourth-order valence-corrected chi connectivity index (χ4v) is 1.43. The van der Waals surface area contributed by atoms with Gasteiger partial charge in [0.1, 0.15) is 5.78 Å². The summed E-state index contributed by atoms with van der Waals surface area (Å²) in [6.45, 7) is 5.75. The van der Waals surface area contributed by atoms with E-state index in [4.69, 9.17) is 5.11 Å². The molecule has 0 saturated carbocycles. The van der Waals surface area contributed by atoms with E-state index < -0.39 is 11.9 Å². The Morgan fingerprint density at radius 3 is 2.27 bits per heavy atom. The van der Waals surface area contributed by atoms with E-state index in [1.807, 2.05) is 13.8 Å². The molecule has 0 aromatic heterocycles. The predicted octanol–water partition coefficient (Wildman–Crippen LogP) is 1.44. The Labute approximate surface area is 91.1 Å². The lowest BCUT2D eigenvalue weighted by molar-refractivity contribution is -0.141. The molecule has 2 unspecified atom stereocenters. The second kappa shape index (κ2) is 7.40. The fourth-order valence-electron chi connectivity index (χ4n) is 1.43. The van der Waals surface area contributed by atoms with Crippen LogP contribution in [-0.2, 0) is 9.59 Å². The van der Waals surface area contributed by atoms with Crippen molar-refractivity contribution in [2.45, 2.75) is 46.1 Å². The fraction of sp³-hybridized carbons (Fsp3) is 0.818. The molecule has 2 atom stereocenters. The van der Waals surface area contributed by atoms with E-state index in [0.717, 1.165) is 12.8 Å². The maximum Gasteiger partial charge on any atom is 0.307 e. The second-order valence-corrected chi connectivity index (χ2v) is 3.80. The molecule has 4 heteroatoms. The Morgan fingerprint density at radius 1 is 1.33 bits per heavy atom. The molecule has 2 N–H and O–H groups in total. The van der Waals surface area contributed by atoms with Crippen LogP contribution in [0, 0.1) is 5.92 Å². The summed E-state index contributed by atoms with van der Waals surface area (Å²) < 4.78 is 0. The average Bonchev–Trinajstić information content (AvgIpc) is 2.16. The quantitative estimate of drug-likeness (QED) is 0.643. The Hall–Kier alpha value is -0.900. The molecule has 0 fully saturated rings. The van der Waals surface area contributed by atoms with Gasteiger partial charge in [-0.1, -0.05) is 20.3 Å². The van der Waals surface area contributed by atoms with Crippen LogP contribution in [0.4, 0.5) is 0 Å². The van der Waals surface area contributed by atoms with Crippen molar-refractivity contribution in [1.82, 2.24) is 5.32 Å². The minimum atomic E-state index is -0.802. The molecule has 4 nitrogen and oxygen atoms in total. The molecule has 0 heterocycles. The van der Waals surface area contributed by atoms with E-state index in [1.165, 1.54) is 6.92 Å². The normalized spacial score (nSPS) is 14.6. The maximum atomic E-state index is 11.2. The number of hydrogen-bond donors (Lipinski definition) is 2. The smallest absolute Gasteiger partial charge is 0.307 e. The van der Waals surface area contributed by atoms with Gasteiger partial charge in [0.25, 0.3) is 0 Å². The van der Waals surface area contributed by atoms with Crippen molar-refractivity contribution < 1.29 is 14.7 Å². The number of ketones is 1. The Bertz CT molecular complexity index is 216. The van der Waals surface area contributed by atoms with E-state index in [2.05, 4.69) is 5.32 Å². The number of aliphatic carboxylic acids is 1. The average molecular weight is 215 g/mol. The maximum absolute atomic E-state index is 11.2. The van der Waals surface area contributed by atoms with Crippen LogP contribution in [0.15, 0.2) is 0 Å². The van der Waals surface area contributed by atoms with Crippen molar-refractivity contribution in [3.05, 3.63) is 0 Å². The second-order valence-electron chi connectivity index (χ2n) is 3.80. The van der Waals surface area contributed by atoms with E-state index in [9.17, 15) is 9.59 Å². The van der Waals surface area contributed by atoms with Crippen molar-refractivity contribution in [3.63, 3.8) is 0 Å². The van der Waals surface area contributed by atoms with Crippen LogP contribution in [-0.4, -0.2) is 29.4 Å². The molecule has 0 aromatic carbocycles. The van der Waals surface area contributed by atoms with Crippen molar-refractivity contribution >= 4 is 11.8 Å². The Kier molecular flexibility index (Phi) is 6.96. The van der Waals surface area contributed by atoms with Crippen LogP contribution in [0.5, 0.6) is 0 Å². The molecule has 0 spiro atoms. The topological polar surface area (TPSA) is 66.4 Å². The highest BCUT2D eigenvalue weighted by Crippen LogP contribution is 2.04. The summed E-state index contributed by atoms with van der Waals surface area (Å²) in [7, 11) is 0. The van der Waals surface area contributed by atoms with Crippen molar-refractivity contribution in [1.29, 1.82) is 0 Å². The number of carboxylic acids is 1. The number of hydrogen-bond acceptors (Lipinski definition) is 3. The zero-order chi connectivity index (χ0) is 11.8. The highest BCUT2D eigenvalue weighted by atomic mass is 16.4. The van der Waals surface area contributed by atoms with Crippen LogP contribution in [0.3, 0.4) is 0 Å². The molecule has 0 rings (SSSR count). The predicted molar refractivity (Wildman–Crippen MR) is 58.8 cm³/mol. The third kappa shape index (κ3) is 5.52. The zero-order valence-electron chi connectivity index (χ0n) is 9.75. The van der Waals surface area contributed by atoms with Gasteiger partial charge in [-0.05, 0) is 19.8 Å². The first-order chi connectivity index (χ1) is 7.02. The van der Waals surface area contributed by atoms with Gasteiger partial charge in [-0.2, -0.15) is 0 Å². The molecular formula is C11H21NO3. The molecule has 0 bridgehead atoms. The molecular weight excluding hydrogens is 194 g/mol. The molecule has 0 radical (unpaired) electrons. The first-order valence-corrected chi connectivity index (χ1v) is 5.49. The third-order valence-electron chi connectivity index (χ3n) is 2.52. The number of Topliss-reactive ketones (excluding diaryl/α,β-unsaturated/α-hetero) is 1.